The minimum atomic E-state index is -4.44. The Morgan fingerprint density at radius 1 is 1.19 bits per heavy atom. The topological polar surface area (TPSA) is 37.8 Å². The fourth-order valence-electron chi connectivity index (χ4n) is 2.54. The van der Waals surface area contributed by atoms with Gasteiger partial charge in [-0.1, -0.05) is 29.8 Å². The lowest BCUT2D eigenvalue weighted by Crippen LogP contribution is -2.16. The van der Waals surface area contributed by atoms with Crippen LogP contribution >= 0.6 is 0 Å². The van der Waals surface area contributed by atoms with Crippen LogP contribution in [-0.2, 0) is 25.7 Å². The van der Waals surface area contributed by atoms with Crippen LogP contribution in [0, 0.1) is 6.92 Å². The highest BCUT2D eigenvalue weighted by molar-refractivity contribution is 5.33. The highest BCUT2D eigenvalue weighted by atomic mass is 19.4. The second-order valence-corrected chi connectivity index (χ2v) is 5.18. The summed E-state index contributed by atoms with van der Waals surface area (Å²) in [4.78, 5) is 8.04. The standard InChI is InChI=1S/C15H14F3N3/c1-9-3-2-4-10(5-9)6-13-20-12-8-19-7-11(12)14(21-13)15(16,17)18/h2-5,19H,6-8H2,1H3. The SMILES string of the molecule is Cc1cccc(Cc2nc3c(c(C(F)(F)F)n2)CNC3)c1. The number of nitrogens with one attached hydrogen (secondary N) is 1. The number of alkyl halides is 3. The van der Waals surface area contributed by atoms with Crippen LogP contribution in [0.3, 0.4) is 0 Å². The molecule has 3 nitrogen and oxygen atoms in total. The van der Waals surface area contributed by atoms with Gasteiger partial charge in [0.15, 0.2) is 5.69 Å². The summed E-state index contributed by atoms with van der Waals surface area (Å²) in [7, 11) is 0. The maximum atomic E-state index is 13.1. The van der Waals surface area contributed by atoms with Crippen LogP contribution in [0.2, 0.25) is 0 Å². The van der Waals surface area contributed by atoms with Gasteiger partial charge in [-0.25, -0.2) is 9.97 Å². The van der Waals surface area contributed by atoms with Crippen molar-refractivity contribution < 1.29 is 13.2 Å². The summed E-state index contributed by atoms with van der Waals surface area (Å²) >= 11 is 0. The van der Waals surface area contributed by atoms with Crippen molar-refractivity contribution in [2.45, 2.75) is 32.6 Å². The first kappa shape index (κ1) is 14.0. The van der Waals surface area contributed by atoms with E-state index in [1.807, 2.05) is 31.2 Å². The number of rotatable bonds is 2. The number of nitrogens with zero attached hydrogens (tertiary/aromatic N) is 2. The molecule has 0 unspecified atom stereocenters. The third kappa shape index (κ3) is 2.90. The van der Waals surface area contributed by atoms with Gasteiger partial charge in [0.05, 0.1) is 5.69 Å². The van der Waals surface area contributed by atoms with E-state index in [1.54, 1.807) is 0 Å². The third-order valence-corrected chi connectivity index (χ3v) is 3.45. The summed E-state index contributed by atoms with van der Waals surface area (Å²) in [5.74, 6) is 0.218. The minimum absolute atomic E-state index is 0.175. The number of hydrogen-bond acceptors (Lipinski definition) is 3. The third-order valence-electron chi connectivity index (χ3n) is 3.45. The molecule has 2 heterocycles. The van der Waals surface area contributed by atoms with Gasteiger partial charge in [-0.3, -0.25) is 0 Å². The second-order valence-electron chi connectivity index (χ2n) is 5.18. The molecular weight excluding hydrogens is 279 g/mol. The zero-order valence-corrected chi connectivity index (χ0v) is 11.5. The van der Waals surface area contributed by atoms with Gasteiger partial charge in [-0.15, -0.1) is 0 Å². The van der Waals surface area contributed by atoms with Crippen LogP contribution in [0.5, 0.6) is 0 Å². The smallest absolute Gasteiger partial charge is 0.307 e. The molecule has 0 aliphatic carbocycles. The summed E-state index contributed by atoms with van der Waals surface area (Å²) in [5, 5.41) is 2.90. The summed E-state index contributed by atoms with van der Waals surface area (Å²) in [6, 6.07) is 7.62. The second kappa shape index (κ2) is 5.11. The largest absolute Gasteiger partial charge is 0.433 e. The monoisotopic (exact) mass is 293 g/mol. The van der Waals surface area contributed by atoms with Crippen molar-refractivity contribution in [3.63, 3.8) is 0 Å². The van der Waals surface area contributed by atoms with Gasteiger partial charge in [0.2, 0.25) is 0 Å². The van der Waals surface area contributed by atoms with Crippen LogP contribution < -0.4 is 5.32 Å². The van der Waals surface area contributed by atoms with E-state index >= 15 is 0 Å². The summed E-state index contributed by atoms with van der Waals surface area (Å²) in [6.45, 7) is 2.48. The molecule has 0 saturated carbocycles. The lowest BCUT2D eigenvalue weighted by Gasteiger charge is -2.12. The molecule has 6 heteroatoms. The van der Waals surface area contributed by atoms with Gasteiger partial charge in [-0.05, 0) is 12.5 Å². The van der Waals surface area contributed by atoms with Crippen LogP contribution in [0.15, 0.2) is 24.3 Å². The van der Waals surface area contributed by atoms with E-state index in [9.17, 15) is 13.2 Å². The Labute approximate surface area is 120 Å². The predicted molar refractivity (Wildman–Crippen MR) is 71.6 cm³/mol. The molecule has 1 aromatic carbocycles. The average molecular weight is 293 g/mol. The summed E-state index contributed by atoms with van der Waals surface area (Å²) in [6.07, 6.45) is -4.14. The highest BCUT2D eigenvalue weighted by Gasteiger charge is 2.38. The van der Waals surface area contributed by atoms with Gasteiger partial charge in [-0.2, -0.15) is 13.2 Å². The molecule has 0 bridgehead atoms. The van der Waals surface area contributed by atoms with E-state index in [-0.39, 0.29) is 17.9 Å². The molecule has 0 spiro atoms. The predicted octanol–water partition coefficient (Wildman–Crippen LogP) is 3.00. The molecule has 110 valence electrons. The molecule has 0 radical (unpaired) electrons. The van der Waals surface area contributed by atoms with E-state index in [0.29, 0.717) is 18.7 Å². The Bertz CT molecular complexity index is 680. The van der Waals surface area contributed by atoms with E-state index in [0.717, 1.165) is 11.1 Å². The molecule has 3 rings (SSSR count). The van der Waals surface area contributed by atoms with E-state index in [4.69, 9.17) is 0 Å². The molecular formula is C15H14F3N3. The van der Waals surface area contributed by atoms with E-state index in [1.165, 1.54) is 0 Å². The fraction of sp³-hybridized carbons (Fsp3) is 0.333. The Morgan fingerprint density at radius 3 is 2.71 bits per heavy atom. The van der Waals surface area contributed by atoms with Crippen LogP contribution in [0.25, 0.3) is 0 Å². The number of hydrogen-bond donors (Lipinski definition) is 1. The van der Waals surface area contributed by atoms with Gasteiger partial charge < -0.3 is 5.32 Å². The zero-order chi connectivity index (χ0) is 15.0. The number of benzene rings is 1. The van der Waals surface area contributed by atoms with Crippen LogP contribution in [0.1, 0.15) is 33.9 Å². The normalized spacial score (nSPS) is 14.3. The molecule has 0 fully saturated rings. The average Bonchev–Trinajstić information content (AvgIpc) is 2.84. The van der Waals surface area contributed by atoms with Crippen molar-refractivity contribution in [3.05, 3.63) is 58.2 Å². The molecule has 1 aliphatic rings. The van der Waals surface area contributed by atoms with E-state index in [2.05, 4.69) is 15.3 Å². The number of halogens is 3. The molecule has 0 saturated heterocycles. The molecule has 1 N–H and O–H groups in total. The number of aryl methyl sites for hydroxylation is 1. The van der Waals surface area contributed by atoms with Crippen molar-refractivity contribution in [2.75, 3.05) is 0 Å². The van der Waals surface area contributed by atoms with Crippen molar-refractivity contribution >= 4 is 0 Å². The van der Waals surface area contributed by atoms with Gasteiger partial charge in [0.1, 0.15) is 5.82 Å². The van der Waals surface area contributed by atoms with E-state index < -0.39 is 11.9 Å². The Kier molecular flexibility index (Phi) is 3.41. The first-order chi connectivity index (χ1) is 9.93. The number of fused-ring (bicyclic) bond motifs is 1. The van der Waals surface area contributed by atoms with Crippen molar-refractivity contribution in [3.8, 4) is 0 Å². The van der Waals surface area contributed by atoms with Gasteiger partial charge >= 0.3 is 6.18 Å². The first-order valence-electron chi connectivity index (χ1n) is 6.65. The molecule has 0 atom stereocenters. The molecule has 1 aliphatic heterocycles. The zero-order valence-electron chi connectivity index (χ0n) is 11.5. The summed E-state index contributed by atoms with van der Waals surface area (Å²) in [5.41, 5.74) is 1.80. The van der Waals surface area contributed by atoms with Gasteiger partial charge in [0, 0.05) is 25.1 Å². The Morgan fingerprint density at radius 2 is 2.00 bits per heavy atom. The highest BCUT2D eigenvalue weighted by Crippen LogP contribution is 2.33. The maximum Gasteiger partial charge on any atom is 0.433 e. The van der Waals surface area contributed by atoms with Crippen molar-refractivity contribution in [1.82, 2.24) is 15.3 Å². The van der Waals surface area contributed by atoms with Crippen molar-refractivity contribution in [2.24, 2.45) is 0 Å². The maximum absolute atomic E-state index is 13.1. The Balaban J connectivity index is 2.00. The van der Waals surface area contributed by atoms with Gasteiger partial charge in [0.25, 0.3) is 0 Å². The molecule has 1 aromatic heterocycles. The first-order valence-corrected chi connectivity index (χ1v) is 6.65. The minimum Gasteiger partial charge on any atom is -0.307 e. The quantitative estimate of drug-likeness (QED) is 0.925. The molecule has 0 amide bonds. The summed E-state index contributed by atoms with van der Waals surface area (Å²) < 4.78 is 39.3. The van der Waals surface area contributed by atoms with Crippen LogP contribution in [0.4, 0.5) is 13.2 Å². The van der Waals surface area contributed by atoms with Crippen molar-refractivity contribution in [1.29, 1.82) is 0 Å². The Hall–Kier alpha value is -1.95. The molecule has 21 heavy (non-hydrogen) atoms. The van der Waals surface area contributed by atoms with Crippen LogP contribution in [-0.4, -0.2) is 9.97 Å². The molecule has 2 aromatic rings. The fourth-order valence-corrected chi connectivity index (χ4v) is 2.54. The number of aromatic nitrogens is 2. The lowest BCUT2D eigenvalue weighted by molar-refractivity contribution is -0.142. The lowest BCUT2D eigenvalue weighted by atomic mass is 10.1.